The number of rotatable bonds is 11. The number of fused-ring (bicyclic) bond motifs is 1. The Balaban J connectivity index is 1.45. The lowest BCUT2D eigenvalue weighted by molar-refractivity contribution is -0.123. The molecular formula is C31H32N6O3. The fraction of sp³-hybridized carbons (Fsp3) is 0.226. The molecule has 3 aromatic carbocycles. The molecule has 0 saturated carbocycles. The maximum absolute atomic E-state index is 12.2. The third kappa shape index (κ3) is 6.37. The second-order valence-corrected chi connectivity index (χ2v) is 9.39. The van der Waals surface area contributed by atoms with Crippen molar-refractivity contribution < 1.29 is 14.3 Å². The minimum Gasteiger partial charge on any atom is -0.494 e. The van der Waals surface area contributed by atoms with Crippen LogP contribution in [0, 0.1) is 0 Å². The molecule has 0 unspecified atom stereocenters. The van der Waals surface area contributed by atoms with Crippen molar-refractivity contribution in [2.75, 3.05) is 18.5 Å². The summed E-state index contributed by atoms with van der Waals surface area (Å²) in [6.45, 7) is 6.44. The summed E-state index contributed by atoms with van der Waals surface area (Å²) in [5.74, 6) is 2.34. The monoisotopic (exact) mass is 536 g/mol. The second-order valence-electron chi connectivity index (χ2n) is 9.39. The topological polar surface area (TPSA) is 114 Å². The number of carbonyl (C=O) groups excluding carboxylic acids is 1. The average molecular weight is 537 g/mol. The Bertz CT molecular complexity index is 1590. The standard InChI is InChI=1S/C31H32N6O3/c1-4-20(3)34-29(38)19-40-25-8-6-7-22(15-25)30-36-28-14-13-26(39-5-2)16-27(28)31(37-30)35-24-11-9-21(10-12-24)23-17-32-33-18-23/h6-18,20H,4-5,19H2,1-3H3,(H,32,33)(H,34,38)(H,35,36,37)/t20-/m0/s1. The summed E-state index contributed by atoms with van der Waals surface area (Å²) in [6.07, 6.45) is 4.51. The van der Waals surface area contributed by atoms with Crippen LogP contribution in [-0.2, 0) is 4.79 Å². The SMILES string of the molecule is CCOc1ccc2nc(-c3cccc(OCC(=O)N[C@@H](C)CC)c3)nc(Nc3ccc(-c4cn[nH]c4)cc3)c2c1. The lowest BCUT2D eigenvalue weighted by Gasteiger charge is -2.14. The molecular weight excluding hydrogens is 504 g/mol. The molecule has 1 amide bonds. The first-order valence-corrected chi connectivity index (χ1v) is 13.4. The van der Waals surface area contributed by atoms with Gasteiger partial charge in [-0.2, -0.15) is 5.10 Å². The molecule has 5 rings (SSSR count). The fourth-order valence-corrected chi connectivity index (χ4v) is 4.17. The fourth-order valence-electron chi connectivity index (χ4n) is 4.17. The second kappa shape index (κ2) is 12.3. The highest BCUT2D eigenvalue weighted by atomic mass is 16.5. The van der Waals surface area contributed by atoms with Gasteiger partial charge in [-0.25, -0.2) is 9.97 Å². The van der Waals surface area contributed by atoms with Crippen molar-refractivity contribution >= 4 is 28.3 Å². The summed E-state index contributed by atoms with van der Waals surface area (Å²) in [5.41, 5.74) is 4.49. The zero-order valence-electron chi connectivity index (χ0n) is 22.8. The van der Waals surface area contributed by atoms with Crippen LogP contribution in [0.1, 0.15) is 27.2 Å². The molecule has 0 aliphatic heterocycles. The number of anilines is 2. The summed E-state index contributed by atoms with van der Waals surface area (Å²) in [7, 11) is 0. The number of H-pyrrole nitrogens is 1. The van der Waals surface area contributed by atoms with Crippen molar-refractivity contribution in [3.8, 4) is 34.0 Å². The van der Waals surface area contributed by atoms with Gasteiger partial charge in [0.15, 0.2) is 12.4 Å². The number of aromatic amines is 1. The van der Waals surface area contributed by atoms with Crippen molar-refractivity contribution in [1.29, 1.82) is 0 Å². The van der Waals surface area contributed by atoms with Crippen molar-refractivity contribution in [1.82, 2.24) is 25.5 Å². The van der Waals surface area contributed by atoms with Gasteiger partial charge in [-0.3, -0.25) is 9.89 Å². The van der Waals surface area contributed by atoms with E-state index in [1.807, 2.05) is 93.7 Å². The summed E-state index contributed by atoms with van der Waals surface area (Å²) < 4.78 is 11.5. The predicted octanol–water partition coefficient (Wildman–Crippen LogP) is 6.12. The zero-order chi connectivity index (χ0) is 27.9. The van der Waals surface area contributed by atoms with Gasteiger partial charge in [0.1, 0.15) is 17.3 Å². The van der Waals surface area contributed by atoms with Gasteiger partial charge in [-0.1, -0.05) is 31.2 Å². The van der Waals surface area contributed by atoms with Crippen LogP contribution in [0.2, 0.25) is 0 Å². The van der Waals surface area contributed by atoms with Crippen molar-refractivity contribution in [3.05, 3.63) is 79.1 Å². The van der Waals surface area contributed by atoms with Gasteiger partial charge in [0.05, 0.1) is 18.3 Å². The van der Waals surface area contributed by atoms with Gasteiger partial charge < -0.3 is 20.1 Å². The molecule has 0 saturated heterocycles. The number of nitrogens with one attached hydrogen (secondary N) is 3. The van der Waals surface area contributed by atoms with E-state index in [0.29, 0.717) is 24.0 Å². The highest BCUT2D eigenvalue weighted by molar-refractivity contribution is 5.93. The van der Waals surface area contributed by atoms with E-state index >= 15 is 0 Å². The number of ether oxygens (including phenoxy) is 2. The molecule has 2 aromatic heterocycles. The van der Waals surface area contributed by atoms with E-state index in [1.54, 1.807) is 6.20 Å². The molecule has 0 aliphatic carbocycles. The molecule has 0 aliphatic rings. The minimum absolute atomic E-state index is 0.0613. The highest BCUT2D eigenvalue weighted by Crippen LogP contribution is 2.32. The first-order valence-electron chi connectivity index (χ1n) is 13.4. The Kier molecular flexibility index (Phi) is 8.20. The van der Waals surface area contributed by atoms with Crippen LogP contribution in [0.5, 0.6) is 11.5 Å². The quantitative estimate of drug-likeness (QED) is 0.186. The van der Waals surface area contributed by atoms with Gasteiger partial charge in [0.2, 0.25) is 0 Å². The van der Waals surface area contributed by atoms with E-state index in [9.17, 15) is 4.79 Å². The van der Waals surface area contributed by atoms with Crippen molar-refractivity contribution in [2.45, 2.75) is 33.2 Å². The molecule has 0 bridgehead atoms. The van der Waals surface area contributed by atoms with E-state index in [-0.39, 0.29) is 18.6 Å². The van der Waals surface area contributed by atoms with Gasteiger partial charge in [-0.05, 0) is 68.3 Å². The lowest BCUT2D eigenvalue weighted by Crippen LogP contribution is -2.35. The number of benzene rings is 3. The van der Waals surface area contributed by atoms with Crippen LogP contribution in [0.25, 0.3) is 33.4 Å². The Labute approximate surface area is 233 Å². The minimum atomic E-state index is -0.155. The number of amides is 1. The normalized spacial score (nSPS) is 11.7. The summed E-state index contributed by atoms with van der Waals surface area (Å²) in [5, 5.41) is 14.1. The molecule has 1 atom stereocenters. The van der Waals surface area contributed by atoms with E-state index in [2.05, 4.69) is 20.8 Å². The Morgan fingerprint density at radius 3 is 2.50 bits per heavy atom. The highest BCUT2D eigenvalue weighted by Gasteiger charge is 2.13. The zero-order valence-corrected chi connectivity index (χ0v) is 22.8. The molecule has 0 fully saturated rings. The van der Waals surface area contributed by atoms with E-state index in [4.69, 9.17) is 19.4 Å². The molecule has 9 nitrogen and oxygen atoms in total. The Morgan fingerprint density at radius 1 is 0.925 bits per heavy atom. The molecule has 0 spiro atoms. The molecule has 5 aromatic rings. The molecule has 3 N–H and O–H groups in total. The first kappa shape index (κ1) is 26.7. The molecule has 204 valence electrons. The number of carbonyl (C=O) groups is 1. The van der Waals surface area contributed by atoms with Gasteiger partial charge in [0.25, 0.3) is 5.91 Å². The number of aromatic nitrogens is 4. The van der Waals surface area contributed by atoms with Gasteiger partial charge >= 0.3 is 0 Å². The van der Waals surface area contributed by atoms with Crippen LogP contribution in [0.3, 0.4) is 0 Å². The molecule has 9 heteroatoms. The van der Waals surface area contributed by atoms with Crippen molar-refractivity contribution in [3.63, 3.8) is 0 Å². The van der Waals surface area contributed by atoms with E-state index in [1.165, 1.54) is 0 Å². The summed E-state index contributed by atoms with van der Waals surface area (Å²) in [4.78, 5) is 21.9. The number of nitrogens with zero attached hydrogens (tertiary/aromatic N) is 3. The van der Waals surface area contributed by atoms with Crippen LogP contribution in [0.15, 0.2) is 79.1 Å². The largest absolute Gasteiger partial charge is 0.494 e. The summed E-state index contributed by atoms with van der Waals surface area (Å²) in [6, 6.07) is 21.4. The van der Waals surface area contributed by atoms with Gasteiger partial charge in [-0.15, -0.1) is 0 Å². The molecule has 2 heterocycles. The predicted molar refractivity (Wildman–Crippen MR) is 157 cm³/mol. The Hall–Kier alpha value is -4.92. The van der Waals surface area contributed by atoms with Crippen LogP contribution >= 0.6 is 0 Å². The van der Waals surface area contributed by atoms with E-state index in [0.717, 1.165) is 45.5 Å². The number of hydrogen-bond acceptors (Lipinski definition) is 7. The average Bonchev–Trinajstić information content (AvgIpc) is 3.52. The smallest absolute Gasteiger partial charge is 0.258 e. The van der Waals surface area contributed by atoms with Crippen LogP contribution in [0.4, 0.5) is 11.5 Å². The third-order valence-corrected chi connectivity index (χ3v) is 6.44. The maximum Gasteiger partial charge on any atom is 0.258 e. The van der Waals surface area contributed by atoms with Gasteiger partial charge in [0, 0.05) is 34.4 Å². The summed E-state index contributed by atoms with van der Waals surface area (Å²) >= 11 is 0. The Morgan fingerprint density at radius 2 is 1.75 bits per heavy atom. The molecule has 40 heavy (non-hydrogen) atoms. The molecule has 0 radical (unpaired) electrons. The maximum atomic E-state index is 12.2. The van der Waals surface area contributed by atoms with Crippen molar-refractivity contribution in [2.24, 2.45) is 0 Å². The lowest BCUT2D eigenvalue weighted by atomic mass is 10.1. The van der Waals surface area contributed by atoms with E-state index < -0.39 is 0 Å². The number of hydrogen-bond donors (Lipinski definition) is 3. The first-order chi connectivity index (χ1) is 19.5. The third-order valence-electron chi connectivity index (χ3n) is 6.44. The van der Waals surface area contributed by atoms with Crippen LogP contribution in [-0.4, -0.2) is 45.3 Å². The van der Waals surface area contributed by atoms with Crippen LogP contribution < -0.4 is 20.1 Å².